The zero-order valence-electron chi connectivity index (χ0n) is 13.1. The SMILES string of the molecule is Cc1noc(C2CC2)c1NC(=O)C1CC(=O)Nc2cc(F)ccc21. The summed E-state index contributed by atoms with van der Waals surface area (Å²) in [4.78, 5) is 24.6. The Balaban J connectivity index is 1.64. The maximum Gasteiger partial charge on any atom is 0.232 e. The van der Waals surface area contributed by atoms with Crippen molar-refractivity contribution in [1.82, 2.24) is 5.16 Å². The molecule has 1 aliphatic heterocycles. The molecule has 2 aliphatic rings. The van der Waals surface area contributed by atoms with Gasteiger partial charge in [0.15, 0.2) is 5.76 Å². The second-order valence-electron chi connectivity index (χ2n) is 6.31. The third-order valence-corrected chi connectivity index (χ3v) is 4.46. The van der Waals surface area contributed by atoms with Crippen LogP contribution < -0.4 is 10.6 Å². The Morgan fingerprint density at radius 1 is 1.42 bits per heavy atom. The minimum atomic E-state index is -0.671. The molecule has 1 saturated carbocycles. The molecule has 0 bridgehead atoms. The van der Waals surface area contributed by atoms with E-state index in [1.165, 1.54) is 18.2 Å². The summed E-state index contributed by atoms with van der Waals surface area (Å²) in [5.74, 6) is -0.752. The summed E-state index contributed by atoms with van der Waals surface area (Å²) in [5.41, 5.74) is 2.16. The minimum absolute atomic E-state index is 0.0214. The van der Waals surface area contributed by atoms with E-state index >= 15 is 0 Å². The van der Waals surface area contributed by atoms with Gasteiger partial charge in [-0.3, -0.25) is 9.59 Å². The molecular formula is C17H16FN3O3. The highest BCUT2D eigenvalue weighted by atomic mass is 19.1. The molecule has 0 spiro atoms. The van der Waals surface area contributed by atoms with Gasteiger partial charge in [0.25, 0.3) is 0 Å². The van der Waals surface area contributed by atoms with Gasteiger partial charge in [0.2, 0.25) is 11.8 Å². The summed E-state index contributed by atoms with van der Waals surface area (Å²) in [6.45, 7) is 1.77. The molecule has 1 aromatic heterocycles. The molecule has 124 valence electrons. The topological polar surface area (TPSA) is 84.2 Å². The number of aryl methyl sites for hydroxylation is 1. The van der Waals surface area contributed by atoms with E-state index in [0.29, 0.717) is 34.3 Å². The fourth-order valence-electron chi connectivity index (χ4n) is 3.04. The van der Waals surface area contributed by atoms with Gasteiger partial charge in [-0.2, -0.15) is 0 Å². The van der Waals surface area contributed by atoms with Crippen LogP contribution in [0, 0.1) is 12.7 Å². The maximum absolute atomic E-state index is 13.4. The van der Waals surface area contributed by atoms with E-state index in [9.17, 15) is 14.0 Å². The zero-order valence-corrected chi connectivity index (χ0v) is 13.1. The number of nitrogens with zero attached hydrogens (tertiary/aromatic N) is 1. The number of carbonyl (C=O) groups is 2. The molecule has 0 radical (unpaired) electrons. The van der Waals surface area contributed by atoms with Crippen molar-refractivity contribution >= 4 is 23.2 Å². The van der Waals surface area contributed by atoms with Crippen molar-refractivity contribution in [3.8, 4) is 0 Å². The van der Waals surface area contributed by atoms with E-state index in [1.807, 2.05) is 0 Å². The second-order valence-corrected chi connectivity index (χ2v) is 6.31. The Kier molecular flexibility index (Phi) is 3.37. The molecule has 7 heteroatoms. The smallest absolute Gasteiger partial charge is 0.232 e. The fourth-order valence-corrected chi connectivity index (χ4v) is 3.04. The highest BCUT2D eigenvalue weighted by Gasteiger charge is 2.35. The third-order valence-electron chi connectivity index (χ3n) is 4.46. The third kappa shape index (κ3) is 2.55. The molecule has 1 aliphatic carbocycles. The van der Waals surface area contributed by atoms with Crippen molar-refractivity contribution in [3.05, 3.63) is 41.0 Å². The normalized spacial score (nSPS) is 19.6. The Hall–Kier alpha value is -2.70. The lowest BCUT2D eigenvalue weighted by molar-refractivity contribution is -0.123. The first-order valence-electron chi connectivity index (χ1n) is 7.89. The predicted octanol–water partition coefficient (Wildman–Crippen LogP) is 3.06. The van der Waals surface area contributed by atoms with Gasteiger partial charge >= 0.3 is 0 Å². The van der Waals surface area contributed by atoms with Crippen LogP contribution in [-0.2, 0) is 9.59 Å². The number of benzene rings is 1. The van der Waals surface area contributed by atoms with Crippen LogP contribution in [0.3, 0.4) is 0 Å². The van der Waals surface area contributed by atoms with Crippen molar-refractivity contribution in [1.29, 1.82) is 0 Å². The van der Waals surface area contributed by atoms with Gasteiger partial charge in [0.05, 0.1) is 5.92 Å². The van der Waals surface area contributed by atoms with Gasteiger partial charge in [-0.1, -0.05) is 11.2 Å². The van der Waals surface area contributed by atoms with Gasteiger partial charge in [0, 0.05) is 18.0 Å². The van der Waals surface area contributed by atoms with Crippen LogP contribution in [0.25, 0.3) is 0 Å². The number of nitrogens with one attached hydrogen (secondary N) is 2. The molecule has 1 atom stereocenters. The highest BCUT2D eigenvalue weighted by Crippen LogP contribution is 2.45. The molecule has 1 fully saturated rings. The number of hydrogen-bond donors (Lipinski definition) is 2. The molecule has 2 amide bonds. The standard InChI is InChI=1S/C17H16FN3O3/c1-8-15(16(24-21-8)9-2-3-9)20-17(23)12-7-14(22)19-13-6-10(18)4-5-11(12)13/h4-6,9,12H,2-3,7H2,1H3,(H,19,22)(H,20,23). The lowest BCUT2D eigenvalue weighted by atomic mass is 9.89. The van der Waals surface area contributed by atoms with Gasteiger partial charge in [-0.05, 0) is 37.5 Å². The highest BCUT2D eigenvalue weighted by molar-refractivity contribution is 6.05. The number of anilines is 2. The quantitative estimate of drug-likeness (QED) is 0.906. The van der Waals surface area contributed by atoms with Crippen LogP contribution in [-0.4, -0.2) is 17.0 Å². The first-order valence-corrected chi connectivity index (χ1v) is 7.89. The number of hydrogen-bond acceptors (Lipinski definition) is 4. The number of amides is 2. The molecule has 6 nitrogen and oxygen atoms in total. The van der Waals surface area contributed by atoms with Crippen molar-refractivity contribution in [2.75, 3.05) is 10.6 Å². The van der Waals surface area contributed by atoms with Crippen LogP contribution in [0.5, 0.6) is 0 Å². The summed E-state index contributed by atoms with van der Waals surface area (Å²) >= 11 is 0. The van der Waals surface area contributed by atoms with E-state index in [2.05, 4.69) is 15.8 Å². The Bertz CT molecular complexity index is 842. The van der Waals surface area contributed by atoms with E-state index in [4.69, 9.17) is 4.52 Å². The Morgan fingerprint density at radius 2 is 2.21 bits per heavy atom. The zero-order chi connectivity index (χ0) is 16.8. The van der Waals surface area contributed by atoms with Crippen LogP contribution in [0.15, 0.2) is 22.7 Å². The summed E-state index contributed by atoms with van der Waals surface area (Å²) in [6.07, 6.45) is 2.06. The predicted molar refractivity (Wildman–Crippen MR) is 84.2 cm³/mol. The van der Waals surface area contributed by atoms with E-state index in [0.717, 1.165) is 12.8 Å². The molecule has 4 rings (SSSR count). The van der Waals surface area contributed by atoms with Crippen LogP contribution in [0.1, 0.15) is 48.1 Å². The number of rotatable bonds is 3. The van der Waals surface area contributed by atoms with Crippen LogP contribution in [0.4, 0.5) is 15.8 Å². The van der Waals surface area contributed by atoms with E-state index < -0.39 is 11.7 Å². The van der Waals surface area contributed by atoms with E-state index in [1.54, 1.807) is 6.92 Å². The maximum atomic E-state index is 13.4. The van der Waals surface area contributed by atoms with Gasteiger partial charge in [0.1, 0.15) is 17.2 Å². The molecule has 2 heterocycles. The van der Waals surface area contributed by atoms with Gasteiger partial charge in [-0.25, -0.2) is 4.39 Å². The number of halogens is 1. The largest absolute Gasteiger partial charge is 0.359 e. The van der Waals surface area contributed by atoms with Crippen molar-refractivity contribution in [3.63, 3.8) is 0 Å². The fraction of sp³-hybridized carbons (Fsp3) is 0.353. The number of carbonyl (C=O) groups excluding carboxylic acids is 2. The molecule has 2 aromatic rings. The summed E-state index contributed by atoms with van der Waals surface area (Å²) in [5, 5.41) is 9.39. The lowest BCUT2D eigenvalue weighted by Gasteiger charge is -2.24. The summed E-state index contributed by atoms with van der Waals surface area (Å²) in [7, 11) is 0. The summed E-state index contributed by atoms with van der Waals surface area (Å²) < 4.78 is 18.7. The van der Waals surface area contributed by atoms with Crippen molar-refractivity contribution in [2.24, 2.45) is 0 Å². The van der Waals surface area contributed by atoms with Gasteiger partial charge < -0.3 is 15.2 Å². The molecule has 24 heavy (non-hydrogen) atoms. The average molecular weight is 329 g/mol. The second kappa shape index (κ2) is 5.43. The lowest BCUT2D eigenvalue weighted by Crippen LogP contribution is -2.31. The van der Waals surface area contributed by atoms with Gasteiger partial charge in [-0.15, -0.1) is 0 Å². The average Bonchev–Trinajstić information content (AvgIpc) is 3.31. The van der Waals surface area contributed by atoms with Crippen molar-refractivity contribution < 1.29 is 18.5 Å². The number of fused-ring (bicyclic) bond motifs is 1. The first-order chi connectivity index (χ1) is 11.5. The monoisotopic (exact) mass is 329 g/mol. The molecule has 1 unspecified atom stereocenters. The van der Waals surface area contributed by atoms with Crippen LogP contribution in [0.2, 0.25) is 0 Å². The van der Waals surface area contributed by atoms with E-state index in [-0.39, 0.29) is 18.2 Å². The van der Waals surface area contributed by atoms with Crippen LogP contribution >= 0.6 is 0 Å². The minimum Gasteiger partial charge on any atom is -0.359 e. The first kappa shape index (κ1) is 14.9. The Morgan fingerprint density at radius 3 is 2.96 bits per heavy atom. The van der Waals surface area contributed by atoms with Crippen molar-refractivity contribution in [2.45, 2.75) is 38.0 Å². The molecule has 0 saturated heterocycles. The molecular weight excluding hydrogens is 313 g/mol. The molecule has 1 aromatic carbocycles. The Labute approximate surface area is 137 Å². The summed E-state index contributed by atoms with van der Waals surface area (Å²) in [6, 6.07) is 4.06. The number of aromatic nitrogens is 1. The molecule has 2 N–H and O–H groups in total.